The summed E-state index contributed by atoms with van der Waals surface area (Å²) < 4.78 is 13.2. The molecule has 1 heterocycles. The van der Waals surface area contributed by atoms with Crippen LogP contribution in [0.15, 0.2) is 112 Å². The Morgan fingerprint density at radius 3 is 2.48 bits per heavy atom. The van der Waals surface area contributed by atoms with Gasteiger partial charge in [0.05, 0.1) is 13.2 Å². The molecule has 0 aromatic heterocycles. The molecule has 10 heteroatoms. The third-order valence-corrected chi connectivity index (χ3v) is 8.64. The molecule has 9 nitrogen and oxygen atoms in total. The Morgan fingerprint density at radius 1 is 1.04 bits per heavy atom. The maximum absolute atomic E-state index is 14.6. The number of nitrogens with zero attached hydrogens (tertiary/aromatic N) is 4. The molecule has 46 heavy (non-hydrogen) atoms. The normalized spacial score (nSPS) is 17.0. The minimum Gasteiger partial charge on any atom is -0.494 e. The van der Waals surface area contributed by atoms with E-state index in [0.29, 0.717) is 43.2 Å². The molecule has 4 aromatic rings. The first-order chi connectivity index (χ1) is 22.4. The van der Waals surface area contributed by atoms with Gasteiger partial charge in [-0.1, -0.05) is 93.3 Å². The number of ether oxygens (including phenoxy) is 2. The molecule has 0 radical (unpaired) electrons. The Hall–Kier alpha value is -4.63. The minimum absolute atomic E-state index is 0.0559. The van der Waals surface area contributed by atoms with Crippen molar-refractivity contribution in [2.75, 3.05) is 19.8 Å². The summed E-state index contributed by atoms with van der Waals surface area (Å²) >= 11 is 3.69. The molecule has 236 valence electrons. The molecule has 0 aliphatic carbocycles. The second kappa shape index (κ2) is 15.6. The fraction of sp³-hybridized carbons (Fsp3) is 0.278. The Morgan fingerprint density at radius 2 is 1.76 bits per heavy atom. The van der Waals surface area contributed by atoms with Gasteiger partial charge in [-0.05, 0) is 65.9 Å². The van der Waals surface area contributed by atoms with Crippen LogP contribution >= 0.6 is 15.9 Å². The van der Waals surface area contributed by atoms with Crippen LogP contribution in [0.3, 0.4) is 0 Å². The number of aliphatic imine (C=N–C) groups is 1. The maximum atomic E-state index is 14.6. The monoisotopic (exact) mass is 681 g/mol. The second-order valence-corrected chi connectivity index (χ2v) is 12.0. The molecule has 0 spiro atoms. The Kier molecular flexibility index (Phi) is 11.1. The first-order valence-corrected chi connectivity index (χ1v) is 16.0. The highest BCUT2D eigenvalue weighted by molar-refractivity contribution is 9.10. The summed E-state index contributed by atoms with van der Waals surface area (Å²) in [5, 5.41) is 16.1. The molecule has 1 aliphatic heterocycles. The third kappa shape index (κ3) is 7.77. The number of aliphatic hydroxyl groups excluding tert-OH is 1. The Labute approximate surface area is 277 Å². The smallest absolute Gasteiger partial charge is 0.252 e. The molecule has 0 bridgehead atoms. The summed E-state index contributed by atoms with van der Waals surface area (Å²) in [6.07, 6.45) is 0.627. The summed E-state index contributed by atoms with van der Waals surface area (Å²) in [4.78, 5) is 22.7. The fourth-order valence-electron chi connectivity index (χ4n) is 5.46. The molecule has 0 saturated carbocycles. The number of hydrogen-bond acceptors (Lipinski definition) is 6. The van der Waals surface area contributed by atoms with E-state index in [1.165, 1.54) is 5.56 Å². The van der Waals surface area contributed by atoms with Gasteiger partial charge in [0.2, 0.25) is 5.90 Å². The summed E-state index contributed by atoms with van der Waals surface area (Å²) in [5.41, 5.74) is 13.1. The molecular weight excluding hydrogens is 646 g/mol. The zero-order valence-corrected chi connectivity index (χ0v) is 27.2. The summed E-state index contributed by atoms with van der Waals surface area (Å²) in [7, 11) is 0. The van der Waals surface area contributed by atoms with E-state index in [0.717, 1.165) is 26.7 Å². The Balaban J connectivity index is 1.56. The quantitative estimate of drug-likeness (QED) is 0.0632. The number of benzene rings is 4. The lowest BCUT2D eigenvalue weighted by Gasteiger charge is -2.32. The van der Waals surface area contributed by atoms with Crippen molar-refractivity contribution in [3.63, 3.8) is 0 Å². The highest BCUT2D eigenvalue weighted by atomic mass is 79.9. The van der Waals surface area contributed by atoms with E-state index >= 15 is 0 Å². The fourth-order valence-corrected chi connectivity index (χ4v) is 5.95. The van der Waals surface area contributed by atoms with Crippen LogP contribution in [0.2, 0.25) is 0 Å². The van der Waals surface area contributed by atoms with E-state index in [1.807, 2.05) is 79.7 Å². The Bertz CT molecular complexity index is 1720. The van der Waals surface area contributed by atoms with Gasteiger partial charge in [-0.25, -0.2) is 4.99 Å². The number of halogens is 1. The molecule has 4 aromatic carbocycles. The van der Waals surface area contributed by atoms with Crippen molar-refractivity contribution >= 4 is 27.7 Å². The highest BCUT2D eigenvalue weighted by Crippen LogP contribution is 2.45. The topological polar surface area (TPSA) is 129 Å². The number of amides is 1. The number of nitrogens with one attached hydrogen (secondary N) is 1. The van der Waals surface area contributed by atoms with Crippen LogP contribution in [0.5, 0.6) is 5.75 Å². The van der Waals surface area contributed by atoms with E-state index in [2.05, 4.69) is 55.5 Å². The number of aliphatic hydroxyl groups is 1. The van der Waals surface area contributed by atoms with Crippen LogP contribution in [0.4, 0.5) is 0 Å². The summed E-state index contributed by atoms with van der Waals surface area (Å²) in [6.45, 7) is 3.06. The zero-order valence-electron chi connectivity index (χ0n) is 25.6. The van der Waals surface area contributed by atoms with Crippen molar-refractivity contribution in [2.45, 2.75) is 44.4 Å². The van der Waals surface area contributed by atoms with Gasteiger partial charge in [0.25, 0.3) is 5.91 Å². The molecule has 0 fully saturated rings. The highest BCUT2D eigenvalue weighted by Gasteiger charge is 2.54. The molecule has 2 atom stereocenters. The van der Waals surface area contributed by atoms with Gasteiger partial charge >= 0.3 is 0 Å². The van der Waals surface area contributed by atoms with Gasteiger partial charge < -0.3 is 19.9 Å². The lowest BCUT2D eigenvalue weighted by molar-refractivity contribution is -0.128. The van der Waals surface area contributed by atoms with Crippen molar-refractivity contribution in [3.8, 4) is 5.75 Å². The number of azide groups is 1. The van der Waals surface area contributed by atoms with Crippen LogP contribution in [-0.4, -0.2) is 42.2 Å². The predicted octanol–water partition coefficient (Wildman–Crippen LogP) is 7.19. The standard InChI is InChI=1S/C36H36BrN5O4/c1-25-11-13-26(14-12-25)19-20-39-35(44)36(23-28-7-2-3-8-29(28)24-40-42-38)33(31-9-4-5-10-32(31)37)46-34(41-36)27-15-17-30(18-16-27)45-22-6-21-43/h2-5,7-18,33,43H,6,19-24H2,1H3,(H,39,44)/t33-,36-/m1/s1. The SMILES string of the molecule is Cc1ccc(CCNC(=O)[C@]2(Cc3ccccc3CN=[N+]=[N-])N=C(c3ccc(OCCCO)cc3)O[C@@H]2c2ccccc2Br)cc1. The molecule has 0 unspecified atom stereocenters. The van der Waals surface area contributed by atoms with Crippen molar-refractivity contribution in [2.24, 2.45) is 10.1 Å². The van der Waals surface area contributed by atoms with Crippen molar-refractivity contribution in [1.29, 1.82) is 0 Å². The van der Waals surface area contributed by atoms with Gasteiger partial charge in [-0.2, -0.15) is 0 Å². The number of carbonyl (C=O) groups is 1. The average molecular weight is 683 g/mol. The lowest BCUT2D eigenvalue weighted by atomic mass is 9.81. The average Bonchev–Trinajstić information content (AvgIpc) is 3.46. The molecular formula is C36H36BrN5O4. The second-order valence-electron chi connectivity index (χ2n) is 11.1. The number of aryl methyl sites for hydroxylation is 1. The van der Waals surface area contributed by atoms with Crippen LogP contribution in [-0.2, 0) is 28.9 Å². The van der Waals surface area contributed by atoms with Gasteiger partial charge in [0.15, 0.2) is 11.6 Å². The van der Waals surface area contributed by atoms with E-state index in [1.54, 1.807) is 0 Å². The number of hydrogen-bond donors (Lipinski definition) is 2. The van der Waals surface area contributed by atoms with Gasteiger partial charge in [0.1, 0.15) is 5.75 Å². The van der Waals surface area contributed by atoms with Crippen molar-refractivity contribution in [3.05, 3.63) is 145 Å². The van der Waals surface area contributed by atoms with E-state index in [-0.39, 0.29) is 25.5 Å². The van der Waals surface area contributed by atoms with Crippen LogP contribution < -0.4 is 10.1 Å². The molecule has 0 saturated heterocycles. The zero-order chi connectivity index (χ0) is 32.4. The van der Waals surface area contributed by atoms with Crippen molar-refractivity contribution < 1.29 is 19.4 Å². The largest absolute Gasteiger partial charge is 0.494 e. The van der Waals surface area contributed by atoms with Crippen LogP contribution in [0, 0.1) is 6.92 Å². The number of carbonyl (C=O) groups excluding carboxylic acids is 1. The van der Waals surface area contributed by atoms with Crippen LogP contribution in [0.25, 0.3) is 10.4 Å². The van der Waals surface area contributed by atoms with E-state index in [4.69, 9.17) is 25.1 Å². The first kappa shape index (κ1) is 32.8. The summed E-state index contributed by atoms with van der Waals surface area (Å²) in [5.74, 6) is 0.729. The lowest BCUT2D eigenvalue weighted by Crippen LogP contribution is -2.50. The summed E-state index contributed by atoms with van der Waals surface area (Å²) in [6, 6.07) is 30.9. The molecule has 2 N–H and O–H groups in total. The van der Waals surface area contributed by atoms with Crippen LogP contribution in [0.1, 0.15) is 45.9 Å². The van der Waals surface area contributed by atoms with E-state index < -0.39 is 11.6 Å². The van der Waals surface area contributed by atoms with E-state index in [9.17, 15) is 4.79 Å². The number of rotatable bonds is 14. The third-order valence-electron chi connectivity index (χ3n) is 7.92. The van der Waals surface area contributed by atoms with Gasteiger partial charge in [-0.3, -0.25) is 4.79 Å². The van der Waals surface area contributed by atoms with Gasteiger partial charge in [-0.15, -0.1) is 0 Å². The van der Waals surface area contributed by atoms with Crippen molar-refractivity contribution in [1.82, 2.24) is 5.32 Å². The first-order valence-electron chi connectivity index (χ1n) is 15.2. The minimum atomic E-state index is -1.39. The predicted molar refractivity (Wildman–Crippen MR) is 182 cm³/mol. The molecule has 5 rings (SSSR count). The molecule has 1 amide bonds. The maximum Gasteiger partial charge on any atom is 0.252 e. The molecule has 1 aliphatic rings. The van der Waals surface area contributed by atoms with Gasteiger partial charge in [0, 0.05) is 46.5 Å².